The normalized spacial score (nSPS) is 24.9. The lowest BCUT2D eigenvalue weighted by Crippen LogP contribution is -2.45. The first-order valence-electron chi connectivity index (χ1n) is 5.55. The minimum atomic E-state index is 0.647. The summed E-state index contributed by atoms with van der Waals surface area (Å²) >= 11 is 0. The van der Waals surface area contributed by atoms with Crippen LogP contribution in [0.2, 0.25) is 0 Å². The van der Waals surface area contributed by atoms with Crippen molar-refractivity contribution in [2.45, 2.75) is 44.7 Å². The second-order valence-corrected chi connectivity index (χ2v) is 3.81. The average molecular weight is 185 g/mol. The molecule has 1 aliphatic heterocycles. The largest absolute Gasteiger partial charge is 0.330 e. The van der Waals surface area contributed by atoms with E-state index in [-0.39, 0.29) is 0 Å². The fourth-order valence-electron chi connectivity index (χ4n) is 2.02. The van der Waals surface area contributed by atoms with Gasteiger partial charge in [-0.15, -0.1) is 0 Å². The molecule has 0 aromatic rings. The molecule has 1 rings (SSSR count). The van der Waals surface area contributed by atoms with Gasteiger partial charge < -0.3 is 16.4 Å². The molecule has 3 heteroatoms. The van der Waals surface area contributed by atoms with E-state index in [4.69, 9.17) is 5.73 Å². The Labute approximate surface area is 81.5 Å². The topological polar surface area (TPSA) is 50.1 Å². The van der Waals surface area contributed by atoms with Crippen molar-refractivity contribution in [1.29, 1.82) is 0 Å². The standard InChI is InChI=1S/C10H23N3/c1-2-9(12-8-4-6-11)10-5-3-7-13-10/h9-10,12-13H,2-8,11H2,1H3. The first kappa shape index (κ1) is 11.0. The predicted molar refractivity (Wildman–Crippen MR) is 56.8 cm³/mol. The minimum Gasteiger partial charge on any atom is -0.330 e. The lowest BCUT2D eigenvalue weighted by atomic mass is 10.0. The van der Waals surface area contributed by atoms with Crippen molar-refractivity contribution in [2.75, 3.05) is 19.6 Å². The number of hydrogen-bond acceptors (Lipinski definition) is 3. The average Bonchev–Trinajstić information content (AvgIpc) is 2.65. The molecule has 2 atom stereocenters. The zero-order chi connectivity index (χ0) is 9.52. The summed E-state index contributed by atoms with van der Waals surface area (Å²) in [5, 5.41) is 7.11. The van der Waals surface area contributed by atoms with E-state index in [2.05, 4.69) is 17.6 Å². The monoisotopic (exact) mass is 185 g/mol. The molecule has 1 aliphatic rings. The summed E-state index contributed by atoms with van der Waals surface area (Å²) in [5.74, 6) is 0. The summed E-state index contributed by atoms with van der Waals surface area (Å²) in [7, 11) is 0. The Morgan fingerprint density at radius 3 is 3.00 bits per heavy atom. The predicted octanol–water partition coefficient (Wildman–Crippen LogP) is 0.455. The lowest BCUT2D eigenvalue weighted by Gasteiger charge is -2.23. The Balaban J connectivity index is 2.16. The molecule has 0 spiro atoms. The van der Waals surface area contributed by atoms with Gasteiger partial charge in [-0.2, -0.15) is 0 Å². The van der Waals surface area contributed by atoms with Gasteiger partial charge in [-0.3, -0.25) is 0 Å². The molecular formula is C10H23N3. The molecule has 0 bridgehead atoms. The van der Waals surface area contributed by atoms with Crippen LogP contribution in [0.1, 0.15) is 32.6 Å². The zero-order valence-corrected chi connectivity index (χ0v) is 8.68. The van der Waals surface area contributed by atoms with Gasteiger partial charge in [-0.1, -0.05) is 6.92 Å². The molecule has 13 heavy (non-hydrogen) atoms. The minimum absolute atomic E-state index is 0.647. The quantitative estimate of drug-likeness (QED) is 0.527. The molecule has 1 fully saturated rings. The SMILES string of the molecule is CCC(NCCCN)C1CCCN1. The highest BCUT2D eigenvalue weighted by molar-refractivity contribution is 4.85. The third-order valence-corrected chi connectivity index (χ3v) is 2.81. The van der Waals surface area contributed by atoms with E-state index in [1.807, 2.05) is 0 Å². The Bertz CT molecular complexity index is 121. The van der Waals surface area contributed by atoms with Crippen molar-refractivity contribution in [1.82, 2.24) is 10.6 Å². The Kier molecular flexibility index (Phi) is 5.35. The Morgan fingerprint density at radius 2 is 2.46 bits per heavy atom. The zero-order valence-electron chi connectivity index (χ0n) is 8.68. The van der Waals surface area contributed by atoms with Gasteiger partial charge in [-0.25, -0.2) is 0 Å². The fourth-order valence-corrected chi connectivity index (χ4v) is 2.02. The smallest absolute Gasteiger partial charge is 0.0221 e. The van der Waals surface area contributed by atoms with E-state index in [9.17, 15) is 0 Å². The molecule has 0 aromatic carbocycles. The van der Waals surface area contributed by atoms with Crippen LogP contribution in [0.4, 0.5) is 0 Å². The maximum atomic E-state index is 5.45. The van der Waals surface area contributed by atoms with Gasteiger partial charge >= 0.3 is 0 Å². The van der Waals surface area contributed by atoms with Crippen LogP contribution in [0, 0.1) is 0 Å². The summed E-state index contributed by atoms with van der Waals surface area (Å²) in [5.41, 5.74) is 5.45. The maximum absolute atomic E-state index is 5.45. The van der Waals surface area contributed by atoms with Crippen molar-refractivity contribution < 1.29 is 0 Å². The highest BCUT2D eigenvalue weighted by Crippen LogP contribution is 2.11. The molecule has 0 aliphatic carbocycles. The first-order valence-corrected chi connectivity index (χ1v) is 5.55. The van der Waals surface area contributed by atoms with Crippen LogP contribution < -0.4 is 16.4 Å². The summed E-state index contributed by atoms with van der Waals surface area (Å²) in [4.78, 5) is 0. The molecule has 0 radical (unpaired) electrons. The van der Waals surface area contributed by atoms with E-state index >= 15 is 0 Å². The maximum Gasteiger partial charge on any atom is 0.0221 e. The van der Waals surface area contributed by atoms with Gasteiger partial charge in [0.15, 0.2) is 0 Å². The molecule has 0 saturated carbocycles. The van der Waals surface area contributed by atoms with Crippen LogP contribution in [0.25, 0.3) is 0 Å². The molecule has 2 unspecified atom stereocenters. The number of hydrogen-bond donors (Lipinski definition) is 3. The van der Waals surface area contributed by atoms with Crippen molar-refractivity contribution >= 4 is 0 Å². The van der Waals surface area contributed by atoms with Gasteiger partial charge in [0, 0.05) is 12.1 Å². The second kappa shape index (κ2) is 6.35. The summed E-state index contributed by atoms with van der Waals surface area (Å²) in [6.45, 7) is 5.30. The van der Waals surface area contributed by atoms with Gasteiger partial charge in [0.05, 0.1) is 0 Å². The lowest BCUT2D eigenvalue weighted by molar-refractivity contribution is 0.391. The second-order valence-electron chi connectivity index (χ2n) is 3.81. The van der Waals surface area contributed by atoms with E-state index in [0.29, 0.717) is 12.1 Å². The Hall–Kier alpha value is -0.120. The van der Waals surface area contributed by atoms with Crippen molar-refractivity contribution in [3.63, 3.8) is 0 Å². The molecule has 1 saturated heterocycles. The fraction of sp³-hybridized carbons (Fsp3) is 1.00. The number of nitrogens with one attached hydrogen (secondary N) is 2. The van der Waals surface area contributed by atoms with Gasteiger partial charge in [0.25, 0.3) is 0 Å². The summed E-state index contributed by atoms with van der Waals surface area (Å²) in [6, 6.07) is 1.34. The van der Waals surface area contributed by atoms with E-state index in [1.165, 1.54) is 25.8 Å². The van der Waals surface area contributed by atoms with Crippen molar-refractivity contribution in [2.24, 2.45) is 5.73 Å². The van der Waals surface area contributed by atoms with Crippen molar-refractivity contribution in [3.8, 4) is 0 Å². The number of rotatable bonds is 6. The van der Waals surface area contributed by atoms with E-state index in [1.54, 1.807) is 0 Å². The van der Waals surface area contributed by atoms with E-state index in [0.717, 1.165) is 19.5 Å². The molecule has 78 valence electrons. The van der Waals surface area contributed by atoms with Gasteiger partial charge in [0.2, 0.25) is 0 Å². The van der Waals surface area contributed by atoms with Crippen LogP contribution in [-0.2, 0) is 0 Å². The van der Waals surface area contributed by atoms with Crippen molar-refractivity contribution in [3.05, 3.63) is 0 Å². The van der Waals surface area contributed by atoms with E-state index < -0.39 is 0 Å². The highest BCUT2D eigenvalue weighted by Gasteiger charge is 2.21. The van der Waals surface area contributed by atoms with Crippen LogP contribution in [0.5, 0.6) is 0 Å². The molecule has 0 aromatic heterocycles. The van der Waals surface area contributed by atoms with Crippen LogP contribution in [0.3, 0.4) is 0 Å². The first-order chi connectivity index (χ1) is 6.38. The molecule has 4 N–H and O–H groups in total. The van der Waals surface area contributed by atoms with Gasteiger partial charge in [0.1, 0.15) is 0 Å². The van der Waals surface area contributed by atoms with Crippen LogP contribution in [0.15, 0.2) is 0 Å². The molecule has 3 nitrogen and oxygen atoms in total. The summed E-state index contributed by atoms with van der Waals surface area (Å²) in [6.07, 6.45) is 4.96. The highest BCUT2D eigenvalue weighted by atomic mass is 15.0. The number of nitrogens with two attached hydrogens (primary N) is 1. The molecule has 0 amide bonds. The third-order valence-electron chi connectivity index (χ3n) is 2.81. The third kappa shape index (κ3) is 3.63. The molecular weight excluding hydrogens is 162 g/mol. The molecule has 1 heterocycles. The summed E-state index contributed by atoms with van der Waals surface area (Å²) < 4.78 is 0. The van der Waals surface area contributed by atoms with Crippen LogP contribution >= 0.6 is 0 Å². The van der Waals surface area contributed by atoms with Crippen LogP contribution in [-0.4, -0.2) is 31.7 Å². The Morgan fingerprint density at radius 1 is 1.62 bits per heavy atom. The van der Waals surface area contributed by atoms with Gasteiger partial charge in [-0.05, 0) is 45.3 Å².